The molecule has 1 aliphatic heterocycles. The highest BCUT2D eigenvalue weighted by atomic mass is 32.2. The Morgan fingerprint density at radius 3 is 2.60 bits per heavy atom. The Morgan fingerprint density at radius 1 is 1.25 bits per heavy atom. The molecule has 0 aromatic carbocycles. The molecule has 0 aromatic rings. The lowest BCUT2D eigenvalue weighted by Crippen LogP contribution is -2.50. The lowest BCUT2D eigenvalue weighted by molar-refractivity contribution is -0.135. The van der Waals surface area contributed by atoms with Crippen molar-refractivity contribution in [1.82, 2.24) is 9.62 Å². The monoisotopic (exact) mass is 304 g/mol. The average molecular weight is 304 g/mol. The molecule has 1 N–H and O–H groups in total. The van der Waals surface area contributed by atoms with E-state index in [1.807, 2.05) is 0 Å². The minimum atomic E-state index is -3.33. The molecule has 1 aliphatic carbocycles. The van der Waals surface area contributed by atoms with E-state index in [1.165, 1.54) is 7.11 Å². The lowest BCUT2D eigenvalue weighted by Gasteiger charge is -2.33. The van der Waals surface area contributed by atoms with Crippen LogP contribution < -0.4 is 4.72 Å². The predicted octanol–water partition coefficient (Wildman–Crippen LogP) is 0.486. The van der Waals surface area contributed by atoms with Gasteiger partial charge in [0.2, 0.25) is 15.9 Å². The van der Waals surface area contributed by atoms with Crippen LogP contribution in [0.3, 0.4) is 0 Å². The molecule has 20 heavy (non-hydrogen) atoms. The van der Waals surface area contributed by atoms with E-state index in [0.29, 0.717) is 13.0 Å². The molecular formula is C13H24N2O4S. The minimum Gasteiger partial charge on any atom is -0.375 e. The number of piperidine rings is 1. The number of ether oxygens (including phenoxy) is 1. The number of hydrogen-bond donors (Lipinski definition) is 1. The predicted molar refractivity (Wildman–Crippen MR) is 75.8 cm³/mol. The molecule has 0 bridgehead atoms. The van der Waals surface area contributed by atoms with Crippen LogP contribution in [0.5, 0.6) is 0 Å². The molecule has 2 fully saturated rings. The van der Waals surface area contributed by atoms with E-state index in [1.54, 1.807) is 4.90 Å². The van der Waals surface area contributed by atoms with E-state index < -0.39 is 15.3 Å². The average Bonchev–Trinajstić information content (AvgIpc) is 2.91. The summed E-state index contributed by atoms with van der Waals surface area (Å²) in [4.78, 5) is 13.4. The molecule has 1 saturated heterocycles. The first-order chi connectivity index (χ1) is 9.53. The van der Waals surface area contributed by atoms with E-state index in [4.69, 9.17) is 4.74 Å². The fraction of sp³-hybridized carbons (Fsp3) is 0.923. The van der Waals surface area contributed by atoms with Gasteiger partial charge in [-0.15, -0.1) is 0 Å². The number of nitrogens with one attached hydrogen (secondary N) is 1. The first kappa shape index (κ1) is 15.7. The maximum Gasteiger partial charge on any atom is 0.248 e. The number of amides is 1. The van der Waals surface area contributed by atoms with Crippen molar-refractivity contribution in [3.05, 3.63) is 0 Å². The molecular weight excluding hydrogens is 280 g/mol. The molecule has 0 aromatic heterocycles. The van der Waals surface area contributed by atoms with Crippen molar-refractivity contribution in [1.29, 1.82) is 0 Å². The molecule has 1 atom stereocenters. The van der Waals surface area contributed by atoms with Crippen molar-refractivity contribution in [3.63, 3.8) is 0 Å². The summed E-state index contributed by atoms with van der Waals surface area (Å²) in [6, 6.07) is 0.0880. The van der Waals surface area contributed by atoms with Gasteiger partial charge in [-0.2, -0.15) is 0 Å². The largest absolute Gasteiger partial charge is 0.375 e. The van der Waals surface area contributed by atoms with Gasteiger partial charge in [0.15, 0.2) is 0 Å². The summed E-state index contributed by atoms with van der Waals surface area (Å²) in [6.45, 7) is 0.921. The molecule has 0 spiro atoms. The number of likely N-dealkylation sites (tertiary alicyclic amines) is 1. The third-order valence-electron chi connectivity index (χ3n) is 4.12. The molecule has 1 saturated carbocycles. The number of sulfonamides is 1. The molecule has 1 unspecified atom stereocenters. The maximum atomic E-state index is 12.4. The quantitative estimate of drug-likeness (QED) is 0.802. The molecule has 1 amide bonds. The van der Waals surface area contributed by atoms with Crippen LogP contribution in [-0.4, -0.2) is 57.3 Å². The SMILES string of the molecule is COCC(=O)N1CCCC(S(=O)(=O)NC2CCCC2)C1. The zero-order chi connectivity index (χ0) is 14.6. The summed E-state index contributed by atoms with van der Waals surface area (Å²) >= 11 is 0. The van der Waals surface area contributed by atoms with Crippen molar-refractivity contribution < 1.29 is 17.9 Å². The van der Waals surface area contributed by atoms with E-state index in [0.717, 1.165) is 32.1 Å². The number of carbonyl (C=O) groups is 1. The van der Waals surface area contributed by atoms with Gasteiger partial charge in [0.25, 0.3) is 0 Å². The first-order valence-corrected chi connectivity index (χ1v) is 8.85. The van der Waals surface area contributed by atoms with E-state index in [-0.39, 0.29) is 25.1 Å². The van der Waals surface area contributed by atoms with E-state index in [9.17, 15) is 13.2 Å². The van der Waals surface area contributed by atoms with Gasteiger partial charge >= 0.3 is 0 Å². The third kappa shape index (κ3) is 3.93. The third-order valence-corrected chi connectivity index (χ3v) is 6.05. The Morgan fingerprint density at radius 2 is 1.95 bits per heavy atom. The minimum absolute atomic E-state index is 0.0167. The molecule has 1 heterocycles. The van der Waals surface area contributed by atoms with Crippen LogP contribution in [0.25, 0.3) is 0 Å². The lowest BCUT2D eigenvalue weighted by atomic mass is 10.1. The van der Waals surface area contributed by atoms with Gasteiger partial charge in [0.1, 0.15) is 6.61 Å². The van der Waals surface area contributed by atoms with Gasteiger partial charge in [-0.25, -0.2) is 13.1 Å². The number of hydrogen-bond acceptors (Lipinski definition) is 4. The van der Waals surface area contributed by atoms with Crippen LogP contribution in [0.2, 0.25) is 0 Å². The Hall–Kier alpha value is -0.660. The fourth-order valence-electron chi connectivity index (χ4n) is 3.00. The summed E-state index contributed by atoms with van der Waals surface area (Å²) < 4.78 is 32.4. The topological polar surface area (TPSA) is 75.7 Å². The van der Waals surface area contributed by atoms with Crippen molar-refractivity contribution in [2.45, 2.75) is 49.8 Å². The van der Waals surface area contributed by atoms with Crippen LogP contribution in [0.4, 0.5) is 0 Å². The second kappa shape index (κ2) is 6.87. The molecule has 7 heteroatoms. The normalized spacial score (nSPS) is 25.1. The Balaban J connectivity index is 1.94. The summed E-state index contributed by atoms with van der Waals surface area (Å²) in [5.41, 5.74) is 0. The number of methoxy groups -OCH3 is 1. The smallest absolute Gasteiger partial charge is 0.248 e. The van der Waals surface area contributed by atoms with Crippen LogP contribution in [0.1, 0.15) is 38.5 Å². The Labute approximate surface area is 120 Å². The highest BCUT2D eigenvalue weighted by Crippen LogP contribution is 2.22. The highest BCUT2D eigenvalue weighted by Gasteiger charge is 2.34. The van der Waals surface area contributed by atoms with Gasteiger partial charge < -0.3 is 9.64 Å². The van der Waals surface area contributed by atoms with Crippen molar-refractivity contribution in [3.8, 4) is 0 Å². The fourth-order valence-corrected chi connectivity index (χ4v) is 4.75. The van der Waals surface area contributed by atoms with Crippen molar-refractivity contribution >= 4 is 15.9 Å². The van der Waals surface area contributed by atoms with Gasteiger partial charge in [-0.1, -0.05) is 12.8 Å². The number of rotatable bonds is 5. The molecule has 116 valence electrons. The first-order valence-electron chi connectivity index (χ1n) is 7.31. The van der Waals surface area contributed by atoms with Crippen LogP contribution in [0, 0.1) is 0 Å². The van der Waals surface area contributed by atoms with Gasteiger partial charge in [-0.3, -0.25) is 4.79 Å². The summed E-state index contributed by atoms with van der Waals surface area (Å²) in [5.74, 6) is -0.131. The van der Waals surface area contributed by atoms with Crippen molar-refractivity contribution in [2.75, 3.05) is 26.8 Å². The Kier molecular flexibility index (Phi) is 5.40. The molecule has 2 aliphatic rings. The van der Waals surface area contributed by atoms with Gasteiger partial charge in [0.05, 0.1) is 5.25 Å². The maximum absolute atomic E-state index is 12.4. The second-order valence-corrected chi connectivity index (χ2v) is 7.67. The van der Waals surface area contributed by atoms with Crippen molar-refractivity contribution in [2.24, 2.45) is 0 Å². The standard InChI is InChI=1S/C13H24N2O4S/c1-19-10-13(16)15-8-4-7-12(9-15)20(17,18)14-11-5-2-3-6-11/h11-12,14H,2-10H2,1H3. The molecule has 0 radical (unpaired) electrons. The van der Waals surface area contributed by atoms with Gasteiger partial charge in [-0.05, 0) is 25.7 Å². The summed E-state index contributed by atoms with van der Waals surface area (Å²) in [6.07, 6.45) is 5.40. The summed E-state index contributed by atoms with van der Waals surface area (Å²) in [7, 11) is -1.86. The number of carbonyl (C=O) groups excluding carboxylic acids is 1. The molecule has 2 rings (SSSR count). The second-order valence-electron chi connectivity index (χ2n) is 5.68. The van der Waals surface area contributed by atoms with Crippen LogP contribution >= 0.6 is 0 Å². The van der Waals surface area contributed by atoms with E-state index in [2.05, 4.69) is 4.72 Å². The van der Waals surface area contributed by atoms with Crippen LogP contribution in [-0.2, 0) is 19.6 Å². The zero-order valence-corrected chi connectivity index (χ0v) is 12.8. The van der Waals surface area contributed by atoms with Crippen LogP contribution in [0.15, 0.2) is 0 Å². The highest BCUT2D eigenvalue weighted by molar-refractivity contribution is 7.90. The Bertz CT molecular complexity index is 432. The van der Waals surface area contributed by atoms with E-state index >= 15 is 0 Å². The number of nitrogens with zero attached hydrogens (tertiary/aromatic N) is 1. The van der Waals surface area contributed by atoms with Gasteiger partial charge in [0, 0.05) is 26.2 Å². The molecule has 6 nitrogen and oxygen atoms in total. The zero-order valence-electron chi connectivity index (χ0n) is 12.0. The summed E-state index contributed by atoms with van der Waals surface area (Å²) in [5, 5.41) is -0.488.